The number of allylic oxidation sites excluding steroid dienone is 2. The molecule has 0 N–H and O–H groups in total. The summed E-state index contributed by atoms with van der Waals surface area (Å²) in [6, 6.07) is 19.2. The van der Waals surface area contributed by atoms with Gasteiger partial charge in [-0.05, 0) is 42.5 Å². The van der Waals surface area contributed by atoms with E-state index in [1.807, 2.05) is 42.5 Å². The van der Waals surface area contributed by atoms with Crippen LogP contribution in [-0.2, 0) is 0 Å². The fourth-order valence-corrected chi connectivity index (χ4v) is 4.05. The van der Waals surface area contributed by atoms with Crippen molar-refractivity contribution in [1.82, 2.24) is 4.57 Å². The van der Waals surface area contributed by atoms with Crippen molar-refractivity contribution in [2.75, 3.05) is 0 Å². The van der Waals surface area contributed by atoms with Crippen molar-refractivity contribution >= 4 is 45.0 Å². The van der Waals surface area contributed by atoms with Crippen LogP contribution in [0.25, 0.3) is 50.7 Å². The van der Waals surface area contributed by atoms with Gasteiger partial charge in [0.25, 0.3) is 0 Å². The molecule has 0 amide bonds. The summed E-state index contributed by atoms with van der Waals surface area (Å²) in [5, 5.41) is 2.49. The molecule has 1 aliphatic carbocycles. The average Bonchev–Trinajstić information content (AvgIpc) is 3.24. The van der Waals surface area contributed by atoms with Crippen LogP contribution in [-0.4, -0.2) is 4.57 Å². The molecule has 27 heavy (non-hydrogen) atoms. The van der Waals surface area contributed by atoms with E-state index in [9.17, 15) is 4.39 Å². The van der Waals surface area contributed by atoms with Gasteiger partial charge < -0.3 is 4.42 Å². The molecule has 5 aromatic rings. The minimum Gasteiger partial charge on any atom is -0.456 e. The number of halogens is 1. The largest absolute Gasteiger partial charge is 0.456 e. The Morgan fingerprint density at radius 1 is 0.889 bits per heavy atom. The second kappa shape index (κ2) is 5.16. The Hall–Kier alpha value is -3.68. The molecule has 0 bridgehead atoms. The second-order valence-electron chi connectivity index (χ2n) is 6.69. The summed E-state index contributed by atoms with van der Waals surface area (Å²) in [6.45, 7) is 0. The van der Waals surface area contributed by atoms with Gasteiger partial charge in [-0.15, -0.1) is 0 Å². The highest BCUT2D eigenvalue weighted by molar-refractivity contribution is 6.06. The van der Waals surface area contributed by atoms with Crippen LogP contribution in [0.5, 0.6) is 0 Å². The van der Waals surface area contributed by atoms with Crippen LogP contribution in [0.15, 0.2) is 71.2 Å². The van der Waals surface area contributed by atoms with Gasteiger partial charge in [0.15, 0.2) is 5.69 Å². The van der Waals surface area contributed by atoms with Crippen LogP contribution in [0.4, 0.5) is 4.39 Å². The monoisotopic (exact) mass is 350 g/mol. The summed E-state index contributed by atoms with van der Waals surface area (Å²) in [6.07, 6.45) is 9.17. The molecular formula is C24H13FNO+. The quantitative estimate of drug-likeness (QED) is 0.315. The minimum absolute atomic E-state index is 0.264. The number of fused-ring (bicyclic) bond motifs is 6. The topological polar surface area (TPSA) is 18.1 Å². The van der Waals surface area contributed by atoms with Gasteiger partial charge in [-0.2, -0.15) is 0 Å². The normalized spacial score (nSPS) is 12.8. The molecule has 0 atom stereocenters. The summed E-state index contributed by atoms with van der Waals surface area (Å²) in [5.74, 6) is -0.264. The SMILES string of the molecule is Fc1cccc2oc3ccc(-n4c5c(c6ccccc64)C=[C+]C=C5)cc3c12. The first-order valence-electron chi connectivity index (χ1n) is 8.82. The molecule has 2 nitrogen and oxygen atoms in total. The lowest BCUT2D eigenvalue weighted by molar-refractivity contribution is 0.634. The summed E-state index contributed by atoms with van der Waals surface area (Å²) >= 11 is 0. The molecule has 0 saturated heterocycles. The summed E-state index contributed by atoms with van der Waals surface area (Å²) in [4.78, 5) is 0. The summed E-state index contributed by atoms with van der Waals surface area (Å²) in [5.41, 5.74) is 5.59. The molecule has 6 rings (SSSR count). The summed E-state index contributed by atoms with van der Waals surface area (Å²) in [7, 11) is 0. The van der Waals surface area contributed by atoms with E-state index in [0.29, 0.717) is 16.6 Å². The maximum atomic E-state index is 14.5. The van der Waals surface area contributed by atoms with Gasteiger partial charge in [0.1, 0.15) is 34.7 Å². The Morgan fingerprint density at radius 2 is 1.81 bits per heavy atom. The van der Waals surface area contributed by atoms with Crippen LogP contribution < -0.4 is 0 Å². The third-order valence-electron chi connectivity index (χ3n) is 5.20. The highest BCUT2D eigenvalue weighted by Crippen LogP contribution is 2.36. The van der Waals surface area contributed by atoms with E-state index in [2.05, 4.69) is 28.9 Å². The van der Waals surface area contributed by atoms with E-state index in [-0.39, 0.29) is 5.82 Å². The number of para-hydroxylation sites is 1. The van der Waals surface area contributed by atoms with E-state index < -0.39 is 0 Å². The molecule has 0 unspecified atom stereocenters. The van der Waals surface area contributed by atoms with Crippen LogP contribution >= 0.6 is 0 Å². The van der Waals surface area contributed by atoms with Crippen LogP contribution in [0.2, 0.25) is 0 Å². The van der Waals surface area contributed by atoms with E-state index in [1.165, 1.54) is 11.5 Å². The number of nitrogens with zero attached hydrogens (tertiary/aromatic N) is 1. The van der Waals surface area contributed by atoms with E-state index in [1.54, 1.807) is 12.1 Å². The van der Waals surface area contributed by atoms with Gasteiger partial charge in [0, 0.05) is 17.1 Å². The van der Waals surface area contributed by atoms with E-state index >= 15 is 0 Å². The van der Waals surface area contributed by atoms with Gasteiger partial charge in [-0.1, -0.05) is 18.2 Å². The molecule has 0 radical (unpaired) electrons. The third kappa shape index (κ3) is 1.92. The van der Waals surface area contributed by atoms with Crippen molar-refractivity contribution in [3.05, 3.63) is 89.9 Å². The lowest BCUT2D eigenvalue weighted by Gasteiger charge is -2.07. The molecule has 3 heteroatoms. The molecule has 2 heterocycles. The Bertz CT molecular complexity index is 1430. The van der Waals surface area contributed by atoms with Crippen molar-refractivity contribution in [1.29, 1.82) is 0 Å². The fourth-order valence-electron chi connectivity index (χ4n) is 4.05. The highest BCUT2D eigenvalue weighted by atomic mass is 19.1. The first-order chi connectivity index (χ1) is 13.3. The van der Waals surface area contributed by atoms with Crippen molar-refractivity contribution < 1.29 is 8.81 Å². The molecule has 1 aliphatic rings. The number of aromatic nitrogens is 1. The number of benzene rings is 3. The maximum Gasteiger partial charge on any atom is 0.168 e. The van der Waals surface area contributed by atoms with Crippen LogP contribution in [0.3, 0.4) is 0 Å². The smallest absolute Gasteiger partial charge is 0.168 e. The van der Waals surface area contributed by atoms with Gasteiger partial charge in [0.2, 0.25) is 0 Å². The van der Waals surface area contributed by atoms with Gasteiger partial charge in [-0.25, -0.2) is 4.39 Å². The Morgan fingerprint density at radius 3 is 2.78 bits per heavy atom. The average molecular weight is 350 g/mol. The lowest BCUT2D eigenvalue weighted by atomic mass is 10.1. The zero-order chi connectivity index (χ0) is 18.0. The van der Waals surface area contributed by atoms with E-state index in [4.69, 9.17) is 4.42 Å². The molecule has 3 aromatic carbocycles. The zero-order valence-electron chi connectivity index (χ0n) is 14.2. The third-order valence-corrected chi connectivity index (χ3v) is 5.20. The van der Waals surface area contributed by atoms with E-state index in [0.717, 1.165) is 27.8 Å². The standard InChI is InChI=1S/C24H13FNO/c25-19-8-5-11-23-24(19)18-14-15(12-13-22(18)27-23)26-20-9-3-1-6-16(20)17-7-2-4-10-21(17)26/h1,3-14H/q+1. The Labute approximate surface area is 154 Å². The number of hydrogen-bond acceptors (Lipinski definition) is 1. The molecule has 0 aliphatic heterocycles. The second-order valence-corrected chi connectivity index (χ2v) is 6.69. The predicted octanol–water partition coefficient (Wildman–Crippen LogP) is 6.51. The van der Waals surface area contributed by atoms with Gasteiger partial charge in [-0.3, -0.25) is 4.57 Å². The number of rotatable bonds is 1. The van der Waals surface area contributed by atoms with Crippen LogP contribution in [0.1, 0.15) is 11.3 Å². The fraction of sp³-hybridized carbons (Fsp3) is 0. The maximum absolute atomic E-state index is 14.5. The minimum atomic E-state index is -0.264. The first kappa shape index (κ1) is 14.5. The molecule has 0 saturated carbocycles. The van der Waals surface area contributed by atoms with Crippen molar-refractivity contribution in [3.63, 3.8) is 0 Å². The van der Waals surface area contributed by atoms with Crippen molar-refractivity contribution in [2.45, 2.75) is 0 Å². The van der Waals surface area contributed by atoms with Gasteiger partial charge >= 0.3 is 0 Å². The Kier molecular flexibility index (Phi) is 2.77. The Balaban J connectivity index is 1.73. The number of hydrogen-bond donors (Lipinski definition) is 0. The predicted molar refractivity (Wildman–Crippen MR) is 107 cm³/mol. The highest BCUT2D eigenvalue weighted by Gasteiger charge is 2.23. The molecule has 0 fully saturated rings. The lowest BCUT2D eigenvalue weighted by Crippen LogP contribution is -1.97. The molecule has 2 aromatic heterocycles. The summed E-state index contributed by atoms with van der Waals surface area (Å²) < 4.78 is 22.5. The van der Waals surface area contributed by atoms with Gasteiger partial charge in [0.05, 0.1) is 22.4 Å². The zero-order valence-corrected chi connectivity index (χ0v) is 14.2. The first-order valence-corrected chi connectivity index (χ1v) is 8.82. The molecular weight excluding hydrogens is 337 g/mol. The van der Waals surface area contributed by atoms with Crippen molar-refractivity contribution in [2.24, 2.45) is 0 Å². The van der Waals surface area contributed by atoms with Crippen LogP contribution in [0, 0.1) is 11.9 Å². The molecule has 0 spiro atoms. The number of furan rings is 1. The molecule has 126 valence electrons. The van der Waals surface area contributed by atoms with Crippen molar-refractivity contribution in [3.8, 4) is 5.69 Å².